The molecule has 1 N–H and O–H groups in total. The average molecular weight is 252 g/mol. The van der Waals surface area contributed by atoms with Gasteiger partial charge in [0.2, 0.25) is 0 Å². The third-order valence-electron chi connectivity index (χ3n) is 2.70. The molecule has 100 valence electrons. The fraction of sp³-hybridized carbons (Fsp3) is 0.500. The van der Waals surface area contributed by atoms with Crippen molar-refractivity contribution in [3.05, 3.63) is 23.3 Å². The third-order valence-corrected chi connectivity index (χ3v) is 2.70. The average Bonchev–Trinajstić information content (AvgIpc) is 2.36. The van der Waals surface area contributed by atoms with Gasteiger partial charge in [0.1, 0.15) is 11.5 Å². The highest BCUT2D eigenvalue weighted by molar-refractivity contribution is 5.83. The van der Waals surface area contributed by atoms with Crippen molar-refractivity contribution in [3.63, 3.8) is 0 Å². The quantitative estimate of drug-likeness (QED) is 0.439. The van der Waals surface area contributed by atoms with E-state index in [4.69, 9.17) is 9.47 Å². The Morgan fingerprint density at radius 1 is 1.33 bits per heavy atom. The molecule has 0 atom stereocenters. The van der Waals surface area contributed by atoms with Crippen molar-refractivity contribution in [2.24, 2.45) is 0 Å². The van der Waals surface area contributed by atoms with Crippen molar-refractivity contribution in [2.45, 2.75) is 32.6 Å². The Morgan fingerprint density at radius 2 is 2.11 bits per heavy atom. The van der Waals surface area contributed by atoms with Gasteiger partial charge in [-0.1, -0.05) is 19.8 Å². The van der Waals surface area contributed by atoms with Crippen LogP contribution >= 0.6 is 0 Å². The van der Waals surface area contributed by atoms with Gasteiger partial charge in [0.25, 0.3) is 0 Å². The molecule has 1 aromatic rings. The maximum Gasteiger partial charge on any atom is 0.188 e. The molecule has 0 saturated carbocycles. The number of unbranched alkanes of at least 4 members (excludes halogenated alkanes) is 2. The molecule has 1 rings (SSSR count). The summed E-state index contributed by atoms with van der Waals surface area (Å²) in [5, 5.41) is 9.78. The zero-order chi connectivity index (χ0) is 13.4. The number of phenolic OH excluding ortho intramolecular Hbond substituents is 1. The molecule has 0 radical (unpaired) electrons. The van der Waals surface area contributed by atoms with E-state index >= 15 is 0 Å². The van der Waals surface area contributed by atoms with Crippen molar-refractivity contribution >= 4 is 6.29 Å². The first-order chi connectivity index (χ1) is 8.72. The zero-order valence-electron chi connectivity index (χ0n) is 10.9. The molecule has 0 aliphatic rings. The van der Waals surface area contributed by atoms with Crippen LogP contribution in [0.4, 0.5) is 0 Å². The highest BCUT2D eigenvalue weighted by Crippen LogP contribution is 2.29. The van der Waals surface area contributed by atoms with E-state index in [0.717, 1.165) is 31.2 Å². The summed E-state index contributed by atoms with van der Waals surface area (Å²) in [7, 11) is 1.51. The normalized spacial score (nSPS) is 10.3. The van der Waals surface area contributed by atoms with Crippen LogP contribution in [0.3, 0.4) is 0 Å². The van der Waals surface area contributed by atoms with E-state index in [2.05, 4.69) is 6.92 Å². The van der Waals surface area contributed by atoms with Crippen molar-refractivity contribution in [1.82, 2.24) is 0 Å². The van der Waals surface area contributed by atoms with Gasteiger partial charge in [0, 0.05) is 7.11 Å². The minimum atomic E-state index is -0.0369. The number of aryl methyl sites for hydroxylation is 1. The summed E-state index contributed by atoms with van der Waals surface area (Å²) >= 11 is 0. The van der Waals surface area contributed by atoms with Crippen LogP contribution in [0.15, 0.2) is 12.1 Å². The standard InChI is InChI=1S/C14H20O4/c1-3-4-5-6-11-7-13(16)12(9-15)14(8-11)18-10-17-2/h7-9,16H,3-6,10H2,1-2H3. The summed E-state index contributed by atoms with van der Waals surface area (Å²) < 4.78 is 10.1. The molecule has 0 unspecified atom stereocenters. The minimum Gasteiger partial charge on any atom is -0.507 e. The van der Waals surface area contributed by atoms with Crippen molar-refractivity contribution in [3.8, 4) is 11.5 Å². The molecular formula is C14H20O4. The highest BCUT2D eigenvalue weighted by Gasteiger charge is 2.11. The van der Waals surface area contributed by atoms with E-state index in [1.807, 2.05) is 0 Å². The predicted octanol–water partition coefficient (Wildman–Crippen LogP) is 2.92. The first kappa shape index (κ1) is 14.5. The third kappa shape index (κ3) is 4.04. The fourth-order valence-corrected chi connectivity index (χ4v) is 1.75. The van der Waals surface area contributed by atoms with Crippen molar-refractivity contribution in [1.29, 1.82) is 0 Å². The topological polar surface area (TPSA) is 55.8 Å². The number of hydrogen-bond acceptors (Lipinski definition) is 4. The maximum absolute atomic E-state index is 10.9. The number of methoxy groups -OCH3 is 1. The van der Waals surface area contributed by atoms with Crippen LogP contribution < -0.4 is 4.74 Å². The monoisotopic (exact) mass is 252 g/mol. The summed E-state index contributed by atoms with van der Waals surface area (Å²) in [5.74, 6) is 0.337. The van der Waals surface area contributed by atoms with Crippen LogP contribution in [0.2, 0.25) is 0 Å². The fourth-order valence-electron chi connectivity index (χ4n) is 1.75. The number of carbonyl (C=O) groups excluding carboxylic acids is 1. The van der Waals surface area contributed by atoms with Gasteiger partial charge in [-0.05, 0) is 30.5 Å². The Labute approximate surface area is 108 Å². The van der Waals surface area contributed by atoms with Gasteiger partial charge in [-0.2, -0.15) is 0 Å². The summed E-state index contributed by atoms with van der Waals surface area (Å²) in [6.07, 6.45) is 4.80. The first-order valence-electron chi connectivity index (χ1n) is 6.15. The number of aromatic hydroxyl groups is 1. The highest BCUT2D eigenvalue weighted by atomic mass is 16.7. The molecule has 0 aromatic heterocycles. The second-order valence-electron chi connectivity index (χ2n) is 4.15. The SMILES string of the molecule is CCCCCc1cc(O)c(C=O)c(OCOC)c1. The Kier molecular flexibility index (Phi) is 6.22. The van der Waals surface area contributed by atoms with E-state index in [9.17, 15) is 9.90 Å². The molecule has 4 nitrogen and oxygen atoms in total. The van der Waals surface area contributed by atoms with Gasteiger partial charge in [0.05, 0.1) is 5.56 Å². The Morgan fingerprint density at radius 3 is 2.72 bits per heavy atom. The van der Waals surface area contributed by atoms with E-state index in [1.54, 1.807) is 12.1 Å². The molecule has 0 bridgehead atoms. The number of rotatable bonds is 8. The molecule has 0 amide bonds. The lowest BCUT2D eigenvalue weighted by molar-refractivity contribution is 0.0503. The van der Waals surface area contributed by atoms with Gasteiger partial charge in [-0.25, -0.2) is 0 Å². The van der Waals surface area contributed by atoms with Gasteiger partial charge >= 0.3 is 0 Å². The number of hydrogen-bond donors (Lipinski definition) is 1. The van der Waals surface area contributed by atoms with Gasteiger partial charge in [-0.3, -0.25) is 4.79 Å². The molecule has 0 spiro atoms. The molecule has 0 heterocycles. The molecule has 0 saturated heterocycles. The number of ether oxygens (including phenoxy) is 2. The van der Waals surface area contributed by atoms with Crippen LogP contribution in [0.1, 0.15) is 42.1 Å². The summed E-state index contributed by atoms with van der Waals surface area (Å²) in [4.78, 5) is 10.9. The van der Waals surface area contributed by atoms with E-state index < -0.39 is 0 Å². The lowest BCUT2D eigenvalue weighted by Crippen LogP contribution is -2.02. The Hall–Kier alpha value is -1.55. The lowest BCUT2D eigenvalue weighted by Gasteiger charge is -2.11. The van der Waals surface area contributed by atoms with Gasteiger partial charge in [0.15, 0.2) is 13.1 Å². The van der Waals surface area contributed by atoms with E-state index in [0.29, 0.717) is 12.0 Å². The van der Waals surface area contributed by atoms with Crippen molar-refractivity contribution in [2.75, 3.05) is 13.9 Å². The molecule has 1 aromatic carbocycles. The second-order valence-corrected chi connectivity index (χ2v) is 4.15. The zero-order valence-corrected chi connectivity index (χ0v) is 10.9. The van der Waals surface area contributed by atoms with Crippen LogP contribution in [-0.4, -0.2) is 25.3 Å². The van der Waals surface area contributed by atoms with Gasteiger partial charge < -0.3 is 14.6 Å². The summed E-state index contributed by atoms with van der Waals surface area (Å²) in [5.41, 5.74) is 1.14. The molecule has 0 aliphatic heterocycles. The molecular weight excluding hydrogens is 232 g/mol. The summed E-state index contributed by atoms with van der Waals surface area (Å²) in [6.45, 7) is 2.19. The number of phenols is 1. The van der Waals surface area contributed by atoms with E-state index in [1.165, 1.54) is 7.11 Å². The van der Waals surface area contributed by atoms with E-state index in [-0.39, 0.29) is 18.1 Å². The number of aldehydes is 1. The van der Waals surface area contributed by atoms with Crippen LogP contribution in [-0.2, 0) is 11.2 Å². The molecule has 0 aliphatic carbocycles. The van der Waals surface area contributed by atoms with Crippen LogP contribution in [0.25, 0.3) is 0 Å². The number of carbonyl (C=O) groups is 1. The molecule has 18 heavy (non-hydrogen) atoms. The minimum absolute atomic E-state index is 0.0369. The van der Waals surface area contributed by atoms with Gasteiger partial charge in [-0.15, -0.1) is 0 Å². The predicted molar refractivity (Wildman–Crippen MR) is 69.2 cm³/mol. The largest absolute Gasteiger partial charge is 0.507 e. The second kappa shape index (κ2) is 7.71. The lowest BCUT2D eigenvalue weighted by atomic mass is 10.0. The maximum atomic E-state index is 10.9. The van der Waals surface area contributed by atoms with Crippen LogP contribution in [0.5, 0.6) is 11.5 Å². The summed E-state index contributed by atoms with van der Waals surface area (Å²) in [6, 6.07) is 3.41. The smallest absolute Gasteiger partial charge is 0.188 e. The Balaban J connectivity index is 2.86. The molecule has 0 fully saturated rings. The molecule has 4 heteroatoms. The van der Waals surface area contributed by atoms with Crippen molar-refractivity contribution < 1.29 is 19.4 Å². The Bertz CT molecular complexity index is 388. The first-order valence-corrected chi connectivity index (χ1v) is 6.15. The van der Waals surface area contributed by atoms with Crippen LogP contribution in [0, 0.1) is 0 Å². The number of benzene rings is 1.